The van der Waals surface area contributed by atoms with E-state index < -0.39 is 169 Å². The number of esters is 1. The van der Waals surface area contributed by atoms with Gasteiger partial charge in [0.2, 0.25) is 29.5 Å². The summed E-state index contributed by atoms with van der Waals surface area (Å²) >= 11 is 4.52. The number of aliphatic hydroxyl groups excluding tert-OH is 1. The first-order chi connectivity index (χ1) is 42.5. The van der Waals surface area contributed by atoms with Crippen LogP contribution < -0.4 is 48.3 Å². The van der Waals surface area contributed by atoms with Crippen LogP contribution in [-0.4, -0.2) is 229 Å². The Morgan fingerprint density at radius 1 is 0.753 bits per heavy atom. The van der Waals surface area contributed by atoms with Gasteiger partial charge in [-0.25, -0.2) is 0 Å². The van der Waals surface area contributed by atoms with E-state index in [2.05, 4.69) is 55.2 Å². The number of aliphatic carboxylic acids is 1. The number of hydrogen-bond acceptors (Lipinski definition) is 27. The lowest BCUT2D eigenvalue weighted by Crippen LogP contribution is -2.61. The van der Waals surface area contributed by atoms with E-state index in [-0.39, 0.29) is 84.1 Å². The molecule has 89 heavy (non-hydrogen) atoms. The smallest absolute Gasteiger partial charge is 0.323 e. The average Bonchev–Trinajstić information content (AvgIpc) is 2.79. The van der Waals surface area contributed by atoms with E-state index in [1.165, 1.54) is 64.6 Å². The number of carboxylic acids is 1. The number of phenols is 2. The first kappa shape index (κ1) is 73.3. The predicted molar refractivity (Wildman–Crippen MR) is 347 cm³/mol. The summed E-state index contributed by atoms with van der Waals surface area (Å²) in [5.74, 6) is -10.6. The minimum atomic E-state index is -1.59. The van der Waals surface area contributed by atoms with Crippen LogP contribution in [-0.2, 0) is 70.3 Å². The van der Waals surface area contributed by atoms with Crippen LogP contribution in [0.2, 0.25) is 0 Å². The molecule has 5 aliphatic heterocycles. The molecule has 5 heterocycles. The Balaban J connectivity index is 1.59. The van der Waals surface area contributed by atoms with Crippen LogP contribution in [0.5, 0.6) is 11.5 Å². The molecule has 490 valence electrons. The Kier molecular flexibility index (Phi) is 30.0. The van der Waals surface area contributed by atoms with Crippen LogP contribution in [0, 0.1) is 5.92 Å². The Labute approximate surface area is 544 Å². The highest BCUT2D eigenvalue weighted by atomic mass is 33.1. The van der Waals surface area contributed by atoms with Crippen molar-refractivity contribution in [2.75, 3.05) is 60.6 Å². The summed E-state index contributed by atoms with van der Waals surface area (Å²) in [6, 6.07) is -3.80. The number of aromatic hydroxyl groups is 2. The standard InChI is InChI=1S/C56H78N10O16S7/c1-28-49(74)42-25-86-87-26-43-51(76)39(21-83)59-27-89-88-23-40(62-37(19-46(57)71)55(80)66-16-4-5-44(66)53(78)60-28)34(50(75)36(17-30-6-10-32(68)11-7-30)65-52(77)35(61-43)14-15-47(72)73)22-84-85-24-41(45(70)20-58-54(79)48(64-42)29(2)67)63-38(56(81)82-3)18-31-8-12-33(69)13-9-31/h6-13,28-29,34-44,48,59,61-64,67-69,83H,4-5,14-27H2,1-3H3,(H2,57,71)(H,58,79)(H,60,78)(H,65,77)(H,72,73)/t28-,29+,34?,35-,36-,37-,38?,39-,40?,41?,42?,43?,44-,48-/m0/s1. The minimum Gasteiger partial charge on any atom is -0.508 e. The molecular weight excluding hydrogens is 1290 g/mol. The van der Waals surface area contributed by atoms with Gasteiger partial charge in [0.25, 0.3) is 0 Å². The summed E-state index contributed by atoms with van der Waals surface area (Å²) in [5.41, 5.74) is 6.93. The average molecular weight is 1370 g/mol. The number of benzene rings is 2. The van der Waals surface area contributed by atoms with Gasteiger partial charge in [0, 0.05) is 59.4 Å². The number of ketones is 4. The van der Waals surface area contributed by atoms with Gasteiger partial charge in [0.15, 0.2) is 23.1 Å². The third kappa shape index (κ3) is 22.2. The van der Waals surface area contributed by atoms with Gasteiger partial charge in [-0.3, -0.25) is 74.0 Å². The number of nitrogens with two attached hydrogens (primary N) is 1. The Morgan fingerprint density at radius 2 is 1.38 bits per heavy atom. The van der Waals surface area contributed by atoms with Crippen molar-refractivity contribution in [2.45, 2.75) is 137 Å². The van der Waals surface area contributed by atoms with Crippen LogP contribution >= 0.6 is 77.4 Å². The first-order valence-electron chi connectivity index (χ1n) is 28.7. The number of Topliss-reactive ketones (excluding diaryl/α,β-unsaturated/α-hetero) is 4. The number of nitrogens with one attached hydrogen (secondary N) is 8. The van der Waals surface area contributed by atoms with Crippen LogP contribution in [0.4, 0.5) is 0 Å². The number of primary amides is 1. The maximum absolute atomic E-state index is 16.1. The molecule has 26 nitrogen and oxygen atoms in total. The first-order valence-corrected chi connectivity index (χ1v) is 36.8. The number of methoxy groups -OCH3 is 1. The molecular formula is C56H78N10O16S7. The summed E-state index contributed by atoms with van der Waals surface area (Å²) in [4.78, 5) is 160. The van der Waals surface area contributed by atoms with Crippen molar-refractivity contribution in [3.05, 3.63) is 59.7 Å². The Morgan fingerprint density at radius 3 is 2.01 bits per heavy atom. The fourth-order valence-corrected chi connectivity index (χ4v) is 17.8. The molecule has 4 bridgehead atoms. The second-order valence-corrected chi connectivity index (χ2v) is 29.8. The predicted octanol–water partition coefficient (Wildman–Crippen LogP) is -0.496. The fraction of sp³-hybridized carbons (Fsp3) is 0.589. The van der Waals surface area contributed by atoms with Crippen molar-refractivity contribution in [1.82, 2.24) is 47.4 Å². The third-order valence-corrected chi connectivity index (χ3v) is 22.7. The van der Waals surface area contributed by atoms with E-state index in [1.54, 1.807) is 24.3 Å². The molecule has 2 aromatic rings. The van der Waals surface area contributed by atoms with E-state index in [0.717, 1.165) is 50.3 Å². The second-order valence-electron chi connectivity index (χ2n) is 21.8. The lowest BCUT2D eigenvalue weighted by atomic mass is 9.89. The van der Waals surface area contributed by atoms with Gasteiger partial charge in [-0.1, -0.05) is 89.0 Å². The maximum atomic E-state index is 16.1. The molecule has 5 saturated heterocycles. The SMILES string of the molecule is COC(=O)C(Cc1ccc(O)cc1)NC1CSSCC2C(=O)[C@H](Cc3ccc(O)cc3)NC(=O)[C@H](CCC(=O)O)NC3CSSCC(N[C@@H]([C@@H](C)O)C(=O)NCC1=O)C(=O)[C@H](C)NC(=O)[C@@H]1CCCN1C(=O)[C@H](CC(N)=O)NC2CSSCN[C@@H](CS)C3=O. The number of rotatable bonds is 14. The summed E-state index contributed by atoms with van der Waals surface area (Å²) < 4.78 is 5.16. The highest BCUT2D eigenvalue weighted by molar-refractivity contribution is 8.77. The molecule has 2 aromatic carbocycles. The molecule has 5 fully saturated rings. The number of carbonyl (C=O) groups is 11. The van der Waals surface area contributed by atoms with Crippen LogP contribution in [0.25, 0.3) is 0 Å². The highest BCUT2D eigenvalue weighted by Crippen LogP contribution is 2.33. The quantitative estimate of drug-likeness (QED) is 0.0644. The van der Waals surface area contributed by atoms with Crippen molar-refractivity contribution in [3.63, 3.8) is 0 Å². The van der Waals surface area contributed by atoms with Crippen LogP contribution in [0.3, 0.4) is 0 Å². The molecule has 5 aliphatic rings. The molecule has 7 rings (SSSR count). The van der Waals surface area contributed by atoms with Gasteiger partial charge >= 0.3 is 11.9 Å². The summed E-state index contributed by atoms with van der Waals surface area (Å²) in [6.45, 7) is 2.04. The van der Waals surface area contributed by atoms with E-state index in [0.29, 0.717) is 17.5 Å². The van der Waals surface area contributed by atoms with E-state index in [4.69, 9.17) is 10.5 Å². The number of carboxylic acid groups (broad SMARTS) is 1. The van der Waals surface area contributed by atoms with E-state index >= 15 is 14.4 Å². The molecule has 0 saturated carbocycles. The number of fused-ring (bicyclic) bond motifs is 14. The van der Waals surface area contributed by atoms with Gasteiger partial charge in [-0.05, 0) is 81.3 Å². The third-order valence-electron chi connectivity index (χ3n) is 15.3. The second kappa shape index (κ2) is 36.5. The maximum Gasteiger partial charge on any atom is 0.323 e. The number of aliphatic hydroxyl groups is 1. The van der Waals surface area contributed by atoms with E-state index in [1.807, 2.05) is 0 Å². The fourth-order valence-electron chi connectivity index (χ4n) is 10.4. The van der Waals surface area contributed by atoms with Gasteiger partial charge in [0.1, 0.15) is 29.6 Å². The van der Waals surface area contributed by atoms with Crippen molar-refractivity contribution < 1.29 is 77.9 Å². The molecule has 0 radical (unpaired) electrons. The van der Waals surface area contributed by atoms with Gasteiger partial charge in [-0.2, -0.15) is 12.6 Å². The molecule has 14 N–H and O–H groups in total. The number of thiol groups is 1. The minimum absolute atomic E-state index is 0.0121. The molecule has 6 unspecified atom stereocenters. The topological polar surface area (TPSA) is 403 Å². The number of carbonyl (C=O) groups excluding carboxylic acids is 10. The molecule has 5 amide bonds. The number of phenolic OH excluding ortho intramolecular Hbond substituents is 2. The monoisotopic (exact) mass is 1370 g/mol. The number of amides is 5. The molecule has 0 spiro atoms. The Hall–Kier alpha value is -4.78. The van der Waals surface area contributed by atoms with Crippen LogP contribution in [0.15, 0.2) is 48.5 Å². The summed E-state index contributed by atoms with van der Waals surface area (Å²) in [7, 11) is 7.94. The zero-order valence-corrected chi connectivity index (χ0v) is 54.9. The zero-order chi connectivity index (χ0) is 64.9. The van der Waals surface area contributed by atoms with Gasteiger partial charge in [0.05, 0.1) is 80.4 Å². The normalized spacial score (nSPS) is 29.0. The number of ether oxygens (including phenoxy) is 1. The summed E-state index contributed by atoms with van der Waals surface area (Å²) in [5, 5.41) is 65.4. The van der Waals surface area contributed by atoms with Gasteiger partial charge < -0.3 is 57.1 Å². The summed E-state index contributed by atoms with van der Waals surface area (Å²) in [6.07, 6.45) is -2.86. The largest absolute Gasteiger partial charge is 0.508 e. The lowest BCUT2D eigenvalue weighted by molar-refractivity contribution is -0.143. The van der Waals surface area contributed by atoms with Crippen molar-refractivity contribution in [2.24, 2.45) is 11.7 Å². The highest BCUT2D eigenvalue weighted by Gasteiger charge is 2.44. The van der Waals surface area contributed by atoms with Crippen molar-refractivity contribution >= 4 is 142 Å². The number of nitrogens with zero attached hydrogens (tertiary/aromatic N) is 1. The Bertz CT molecular complexity index is 2820. The van der Waals surface area contributed by atoms with Crippen LogP contribution in [0.1, 0.15) is 57.1 Å². The van der Waals surface area contributed by atoms with Crippen molar-refractivity contribution in [1.29, 1.82) is 0 Å². The zero-order valence-electron chi connectivity index (χ0n) is 49.1. The number of hydrogen-bond donors (Lipinski definition) is 14. The molecule has 0 aromatic heterocycles. The van der Waals surface area contributed by atoms with Crippen molar-refractivity contribution in [3.8, 4) is 11.5 Å². The molecule has 0 aliphatic carbocycles. The molecule has 33 heteroatoms. The van der Waals surface area contributed by atoms with Gasteiger partial charge in [-0.15, -0.1) is 0 Å². The lowest BCUT2D eigenvalue weighted by Gasteiger charge is -2.35. The van der Waals surface area contributed by atoms with E-state index in [9.17, 15) is 58.8 Å². The molecule has 14 atom stereocenters.